The van der Waals surface area contributed by atoms with E-state index in [2.05, 4.69) is 4.98 Å². The second-order valence-electron chi connectivity index (χ2n) is 6.74. The number of fused-ring (bicyclic) bond motifs is 1. The number of rotatable bonds is 4. The Bertz CT molecular complexity index is 872. The molecule has 4 nitrogen and oxygen atoms in total. The van der Waals surface area contributed by atoms with Crippen LogP contribution < -0.4 is 0 Å². The summed E-state index contributed by atoms with van der Waals surface area (Å²) in [5.74, 6) is 0.0610. The zero-order chi connectivity index (χ0) is 17.2. The van der Waals surface area contributed by atoms with Gasteiger partial charge in [-0.25, -0.2) is 0 Å². The van der Waals surface area contributed by atoms with Crippen LogP contribution in [-0.4, -0.2) is 33.5 Å². The molecular weight excluding hydrogens is 312 g/mol. The Hall–Kier alpha value is -2.59. The molecule has 4 rings (SSSR count). The highest BCUT2D eigenvalue weighted by atomic mass is 16.3. The summed E-state index contributed by atoms with van der Waals surface area (Å²) < 4.78 is 0. The number of nitrogens with one attached hydrogen (secondary N) is 1. The van der Waals surface area contributed by atoms with Crippen LogP contribution in [0.2, 0.25) is 0 Å². The molecule has 2 atom stereocenters. The number of carbonyl (C=O) groups excluding carboxylic acids is 1. The van der Waals surface area contributed by atoms with Gasteiger partial charge in [-0.05, 0) is 49.1 Å². The lowest BCUT2D eigenvalue weighted by molar-refractivity contribution is 0.0667. The fraction of sp³-hybridized carbons (Fsp3) is 0.286. The smallest absolute Gasteiger partial charge is 0.254 e. The van der Waals surface area contributed by atoms with E-state index < -0.39 is 6.10 Å². The normalized spacial score (nSPS) is 18.6. The maximum atomic E-state index is 13.0. The molecular formula is C21H22N2O2. The lowest BCUT2D eigenvalue weighted by atomic mass is 10.00. The number of likely N-dealkylation sites (tertiary alicyclic amines) is 1. The Labute approximate surface area is 147 Å². The number of aromatic nitrogens is 1. The minimum absolute atomic E-state index is 0.0610. The van der Waals surface area contributed by atoms with E-state index in [1.807, 2.05) is 65.7 Å². The average molecular weight is 334 g/mol. The van der Waals surface area contributed by atoms with Crippen LogP contribution in [0.3, 0.4) is 0 Å². The Morgan fingerprint density at radius 1 is 1.20 bits per heavy atom. The van der Waals surface area contributed by atoms with E-state index in [9.17, 15) is 9.90 Å². The fourth-order valence-corrected chi connectivity index (χ4v) is 3.77. The minimum atomic E-state index is -0.535. The highest BCUT2D eigenvalue weighted by Gasteiger charge is 2.31. The molecule has 0 radical (unpaired) electrons. The molecule has 0 saturated carbocycles. The zero-order valence-corrected chi connectivity index (χ0v) is 14.1. The lowest BCUT2D eigenvalue weighted by Gasteiger charge is -2.27. The summed E-state index contributed by atoms with van der Waals surface area (Å²) in [5, 5.41) is 11.6. The second-order valence-corrected chi connectivity index (χ2v) is 6.74. The number of nitrogens with zero attached hydrogens (tertiary/aromatic N) is 1. The van der Waals surface area contributed by atoms with Crippen molar-refractivity contribution in [2.24, 2.45) is 0 Å². The monoisotopic (exact) mass is 334 g/mol. The predicted octanol–water partition coefficient (Wildman–Crippen LogP) is 3.90. The molecule has 4 heteroatoms. The van der Waals surface area contributed by atoms with Crippen molar-refractivity contribution < 1.29 is 9.90 Å². The molecule has 25 heavy (non-hydrogen) atoms. The first-order valence-corrected chi connectivity index (χ1v) is 8.83. The van der Waals surface area contributed by atoms with Crippen molar-refractivity contribution in [1.29, 1.82) is 0 Å². The molecule has 2 N–H and O–H groups in total. The third-order valence-corrected chi connectivity index (χ3v) is 5.12. The van der Waals surface area contributed by atoms with Crippen molar-refractivity contribution >= 4 is 16.8 Å². The van der Waals surface area contributed by atoms with Gasteiger partial charge in [0, 0.05) is 35.2 Å². The van der Waals surface area contributed by atoms with Gasteiger partial charge in [-0.1, -0.05) is 30.3 Å². The van der Waals surface area contributed by atoms with Crippen LogP contribution in [0, 0.1) is 0 Å². The van der Waals surface area contributed by atoms with Crippen LogP contribution in [0.25, 0.3) is 10.9 Å². The van der Waals surface area contributed by atoms with E-state index in [0.717, 1.165) is 35.9 Å². The largest absolute Gasteiger partial charge is 0.388 e. The molecule has 1 fully saturated rings. The van der Waals surface area contributed by atoms with Gasteiger partial charge >= 0.3 is 0 Å². The quantitative estimate of drug-likeness (QED) is 0.760. The van der Waals surface area contributed by atoms with Crippen molar-refractivity contribution in [2.75, 3.05) is 6.54 Å². The molecule has 2 heterocycles. The van der Waals surface area contributed by atoms with Gasteiger partial charge in [0.1, 0.15) is 0 Å². The van der Waals surface area contributed by atoms with Crippen LogP contribution in [-0.2, 0) is 0 Å². The second kappa shape index (κ2) is 6.73. The lowest BCUT2D eigenvalue weighted by Crippen LogP contribution is -2.36. The summed E-state index contributed by atoms with van der Waals surface area (Å²) in [6.45, 7) is 0.760. The van der Waals surface area contributed by atoms with Gasteiger partial charge in [-0.3, -0.25) is 4.79 Å². The van der Waals surface area contributed by atoms with Crippen molar-refractivity contribution in [3.8, 4) is 0 Å². The standard InChI is InChI=1S/C21H22N2O2/c24-20(15-5-2-1-3-6-15)14-18-7-4-12-23(18)21(25)17-8-9-19-16(13-17)10-11-22-19/h1-3,5-6,8-11,13,18,20,22,24H,4,7,12,14H2/t18-,20+/m1/s1. The number of hydrogen-bond acceptors (Lipinski definition) is 2. The molecule has 1 aliphatic rings. The number of benzene rings is 2. The Balaban J connectivity index is 1.51. The molecule has 0 aliphatic carbocycles. The highest BCUT2D eigenvalue weighted by Crippen LogP contribution is 2.29. The zero-order valence-electron chi connectivity index (χ0n) is 14.1. The van der Waals surface area contributed by atoms with E-state index in [-0.39, 0.29) is 11.9 Å². The maximum Gasteiger partial charge on any atom is 0.254 e. The van der Waals surface area contributed by atoms with E-state index in [0.29, 0.717) is 12.0 Å². The summed E-state index contributed by atoms with van der Waals surface area (Å²) in [6.07, 6.45) is 3.87. The number of hydrogen-bond donors (Lipinski definition) is 2. The molecule has 128 valence electrons. The van der Waals surface area contributed by atoms with Gasteiger partial charge in [-0.2, -0.15) is 0 Å². The molecule has 1 amide bonds. The third-order valence-electron chi connectivity index (χ3n) is 5.12. The minimum Gasteiger partial charge on any atom is -0.388 e. The van der Waals surface area contributed by atoms with Crippen molar-refractivity contribution in [2.45, 2.75) is 31.4 Å². The number of amides is 1. The van der Waals surface area contributed by atoms with Crippen LogP contribution in [0.5, 0.6) is 0 Å². The van der Waals surface area contributed by atoms with E-state index >= 15 is 0 Å². The van der Waals surface area contributed by atoms with Gasteiger partial charge in [0.15, 0.2) is 0 Å². The molecule has 0 spiro atoms. The van der Waals surface area contributed by atoms with Crippen LogP contribution >= 0.6 is 0 Å². The first-order valence-electron chi connectivity index (χ1n) is 8.83. The van der Waals surface area contributed by atoms with Crippen molar-refractivity contribution in [3.05, 3.63) is 71.9 Å². The first-order chi connectivity index (χ1) is 12.2. The SMILES string of the molecule is O=C(c1ccc2[nH]ccc2c1)N1CCC[C@@H]1C[C@H](O)c1ccccc1. The fourth-order valence-electron chi connectivity index (χ4n) is 3.77. The van der Waals surface area contributed by atoms with E-state index in [4.69, 9.17) is 0 Å². The highest BCUT2D eigenvalue weighted by molar-refractivity contribution is 5.98. The molecule has 3 aromatic rings. The van der Waals surface area contributed by atoms with Crippen molar-refractivity contribution in [3.63, 3.8) is 0 Å². The number of aliphatic hydroxyl groups is 1. The summed E-state index contributed by atoms with van der Waals surface area (Å²) in [7, 11) is 0. The number of aromatic amines is 1. The molecule has 0 bridgehead atoms. The summed E-state index contributed by atoms with van der Waals surface area (Å²) >= 11 is 0. The predicted molar refractivity (Wildman–Crippen MR) is 98.4 cm³/mol. The van der Waals surface area contributed by atoms with Crippen LogP contribution in [0.1, 0.15) is 41.3 Å². The molecule has 1 aliphatic heterocycles. The third kappa shape index (κ3) is 3.17. The maximum absolute atomic E-state index is 13.0. The van der Waals surface area contributed by atoms with E-state index in [1.54, 1.807) is 0 Å². The molecule has 2 aromatic carbocycles. The van der Waals surface area contributed by atoms with Crippen molar-refractivity contribution in [1.82, 2.24) is 9.88 Å². The number of aliphatic hydroxyl groups excluding tert-OH is 1. The number of carbonyl (C=O) groups is 1. The first kappa shape index (κ1) is 15.9. The summed E-state index contributed by atoms with van der Waals surface area (Å²) in [5.41, 5.74) is 2.66. The van der Waals surface area contributed by atoms with Crippen LogP contribution in [0.4, 0.5) is 0 Å². The average Bonchev–Trinajstić information content (AvgIpc) is 3.30. The Kier molecular flexibility index (Phi) is 4.28. The summed E-state index contributed by atoms with van der Waals surface area (Å²) in [4.78, 5) is 18.1. The van der Waals surface area contributed by atoms with Crippen LogP contribution in [0.15, 0.2) is 60.8 Å². The Morgan fingerprint density at radius 3 is 2.88 bits per heavy atom. The van der Waals surface area contributed by atoms with Gasteiger partial charge in [0.25, 0.3) is 5.91 Å². The van der Waals surface area contributed by atoms with Gasteiger partial charge in [0.2, 0.25) is 0 Å². The van der Waals surface area contributed by atoms with Gasteiger partial charge in [0.05, 0.1) is 6.10 Å². The van der Waals surface area contributed by atoms with E-state index in [1.165, 1.54) is 0 Å². The molecule has 1 aromatic heterocycles. The topological polar surface area (TPSA) is 56.3 Å². The summed E-state index contributed by atoms with van der Waals surface area (Å²) in [6, 6.07) is 17.5. The molecule has 1 saturated heterocycles. The van der Waals surface area contributed by atoms with Gasteiger partial charge < -0.3 is 15.0 Å². The number of H-pyrrole nitrogens is 1. The van der Waals surface area contributed by atoms with Gasteiger partial charge in [-0.15, -0.1) is 0 Å². The molecule has 0 unspecified atom stereocenters. The Morgan fingerprint density at radius 2 is 2.04 bits per heavy atom.